The van der Waals surface area contributed by atoms with Crippen LogP contribution in [0.3, 0.4) is 0 Å². The molecule has 6 aromatic rings. The summed E-state index contributed by atoms with van der Waals surface area (Å²) in [5, 5.41) is 78.3. The lowest BCUT2D eigenvalue weighted by molar-refractivity contribution is -0.120. The fourth-order valence-corrected chi connectivity index (χ4v) is 6.15. The summed E-state index contributed by atoms with van der Waals surface area (Å²) in [6.45, 7) is 19.8. The number of carbonyl (C=O) groups excluding carboxylic acids is 1. The van der Waals surface area contributed by atoms with Gasteiger partial charge in [-0.1, -0.05) is 123 Å². The molecule has 0 radical (unpaired) electrons. The van der Waals surface area contributed by atoms with Gasteiger partial charge in [0.05, 0.1) is 50.1 Å². The molecule has 0 saturated heterocycles. The zero-order chi connectivity index (χ0) is 61.5. The molecule has 9 N–H and O–H groups in total. The number of rotatable bonds is 17. The summed E-state index contributed by atoms with van der Waals surface area (Å²) in [5.74, 6) is -10.1. The maximum absolute atomic E-state index is 10.9. The zero-order valence-corrected chi connectivity index (χ0v) is 43.5. The molecule has 20 nitrogen and oxygen atoms in total. The highest BCUT2D eigenvalue weighted by atomic mass is 16.5. The van der Waals surface area contributed by atoms with E-state index in [2.05, 4.69) is 31.1 Å². The Bertz CT molecular complexity index is 3200. The van der Waals surface area contributed by atoms with Crippen LogP contribution in [0.2, 0.25) is 0 Å². The lowest BCUT2D eigenvalue weighted by Gasteiger charge is -2.08. The molecule has 0 aromatic heterocycles. The number of ether oxygens (including phenoxy) is 1. The summed E-state index contributed by atoms with van der Waals surface area (Å²) >= 11 is 0. The molecular formula is C61H54O20. The predicted octanol–water partition coefficient (Wildman–Crippen LogP) is 12.0. The Morgan fingerprint density at radius 3 is 0.938 bits per heavy atom. The Morgan fingerprint density at radius 2 is 0.679 bits per heavy atom. The molecule has 0 aliphatic heterocycles. The van der Waals surface area contributed by atoms with Crippen molar-refractivity contribution in [2.45, 2.75) is 20.8 Å². The molecule has 0 saturated carbocycles. The van der Waals surface area contributed by atoms with Gasteiger partial charge in [0.2, 0.25) is 0 Å². The van der Waals surface area contributed by atoms with Gasteiger partial charge in [0.1, 0.15) is 5.75 Å². The lowest BCUT2D eigenvalue weighted by Crippen LogP contribution is -2.07. The van der Waals surface area contributed by atoms with Crippen LogP contribution in [-0.4, -0.2) is 106 Å². The standard InChI is InChI=1S/C11H8O6.2C10H8O4.3C10H10O2/c1-2-7-8(11(15)16)3-6(10(13)14)4-9(7)17-5-12;2*1-2-6-3-4-7(9(11)12)5-8(6)10(13)14;1-7(2)8-3-5-9(6-4-8)10(11)12;2*1-2-3-8-4-6-9(7-5-8)10(11)12/h2-5H,1H2,(H,13,14)(H,15,16);2*2-5H,1H2,(H,11,12)(H,13,14);3-6H,1H2,2H3,(H,11,12);2*2-7H,1H3,(H,11,12)/b;;;;3-2+;3-2-. The van der Waals surface area contributed by atoms with Crippen molar-refractivity contribution in [3.05, 3.63) is 243 Å². The zero-order valence-electron chi connectivity index (χ0n) is 43.5. The van der Waals surface area contributed by atoms with Gasteiger partial charge in [-0.3, -0.25) is 4.79 Å². The summed E-state index contributed by atoms with van der Waals surface area (Å²) in [7, 11) is 0. The Kier molecular flexibility index (Phi) is 28.5. The largest absolute Gasteiger partial charge is 0.478 e. The van der Waals surface area contributed by atoms with Crippen molar-refractivity contribution in [1.82, 2.24) is 0 Å². The van der Waals surface area contributed by atoms with Gasteiger partial charge in [-0.05, 0) is 121 Å². The molecule has 0 atom stereocenters. The molecule has 20 heteroatoms. The van der Waals surface area contributed by atoms with Gasteiger partial charge in [-0.2, -0.15) is 0 Å². The highest BCUT2D eigenvalue weighted by Crippen LogP contribution is 2.26. The number of hydrogen-bond donors (Lipinski definition) is 9. The molecule has 0 amide bonds. The van der Waals surface area contributed by atoms with Crippen LogP contribution in [0.15, 0.2) is 160 Å². The van der Waals surface area contributed by atoms with E-state index in [4.69, 9.17) is 46.0 Å². The lowest BCUT2D eigenvalue weighted by atomic mass is 10.0. The number of carboxylic acid groups (broad SMARTS) is 9. The highest BCUT2D eigenvalue weighted by Gasteiger charge is 2.18. The van der Waals surface area contributed by atoms with Gasteiger partial charge in [0.25, 0.3) is 6.47 Å². The molecule has 0 aliphatic carbocycles. The molecule has 81 heavy (non-hydrogen) atoms. The Balaban J connectivity index is 0.000000488. The Labute approximate surface area is 463 Å². The fraction of sp³-hybridized carbons (Fsp3) is 0.0492. The first-order chi connectivity index (χ1) is 38.2. The van der Waals surface area contributed by atoms with E-state index < -0.39 is 53.7 Å². The van der Waals surface area contributed by atoms with E-state index in [9.17, 15) is 47.9 Å². The van der Waals surface area contributed by atoms with Crippen LogP contribution >= 0.6 is 0 Å². The molecule has 418 valence electrons. The van der Waals surface area contributed by atoms with E-state index in [-0.39, 0.29) is 51.2 Å². The smallest absolute Gasteiger partial charge is 0.336 e. The molecular weight excluding hydrogens is 1050 g/mol. The second-order valence-electron chi connectivity index (χ2n) is 15.7. The van der Waals surface area contributed by atoms with Crippen LogP contribution in [0.1, 0.15) is 147 Å². The van der Waals surface area contributed by atoms with E-state index in [1.165, 1.54) is 42.5 Å². The van der Waals surface area contributed by atoms with Crippen molar-refractivity contribution in [2.75, 3.05) is 0 Å². The first kappa shape index (κ1) is 67.5. The first-order valence-electron chi connectivity index (χ1n) is 23.0. The van der Waals surface area contributed by atoms with Crippen LogP contribution in [0.25, 0.3) is 36.0 Å². The highest BCUT2D eigenvalue weighted by molar-refractivity contribution is 5.99. The third kappa shape index (κ3) is 22.7. The van der Waals surface area contributed by atoms with E-state index in [1.807, 2.05) is 45.1 Å². The minimum absolute atomic E-state index is 0.0481. The van der Waals surface area contributed by atoms with Gasteiger partial charge >= 0.3 is 53.7 Å². The van der Waals surface area contributed by atoms with E-state index in [1.54, 1.807) is 72.8 Å². The second-order valence-corrected chi connectivity index (χ2v) is 15.7. The van der Waals surface area contributed by atoms with Crippen LogP contribution in [0, 0.1) is 0 Å². The summed E-state index contributed by atoms with van der Waals surface area (Å²) < 4.78 is 4.53. The molecule has 0 bridgehead atoms. The van der Waals surface area contributed by atoms with Crippen molar-refractivity contribution in [3.63, 3.8) is 0 Å². The predicted molar refractivity (Wildman–Crippen MR) is 302 cm³/mol. The van der Waals surface area contributed by atoms with Gasteiger partial charge in [-0.25, -0.2) is 43.2 Å². The molecule has 6 rings (SSSR count). The normalized spacial score (nSPS) is 9.72. The molecule has 0 aliphatic rings. The third-order valence-corrected chi connectivity index (χ3v) is 10.2. The average molecular weight is 1110 g/mol. The number of carbonyl (C=O) groups is 10. The first-order valence-corrected chi connectivity index (χ1v) is 23.0. The van der Waals surface area contributed by atoms with E-state index in [0.29, 0.717) is 27.8 Å². The summed E-state index contributed by atoms with van der Waals surface area (Å²) in [4.78, 5) is 106. The molecule has 6 aromatic carbocycles. The maximum atomic E-state index is 10.9. The van der Waals surface area contributed by atoms with Crippen LogP contribution in [0.4, 0.5) is 0 Å². The van der Waals surface area contributed by atoms with Crippen molar-refractivity contribution in [3.8, 4) is 5.75 Å². The second kappa shape index (κ2) is 34.2. The fourth-order valence-electron chi connectivity index (χ4n) is 6.15. The molecule has 0 fully saturated rings. The Morgan fingerprint density at radius 1 is 0.383 bits per heavy atom. The summed E-state index contributed by atoms with van der Waals surface area (Å²) in [5.41, 5.74) is 4.96. The topological polar surface area (TPSA) is 362 Å². The SMILES string of the molecule is C/C=C/c1ccc(C(=O)O)cc1.C/C=C\c1ccc(C(=O)O)cc1.C=C(C)c1ccc(C(=O)O)cc1.C=Cc1c(OC=O)cc(C(=O)O)cc1C(=O)O.C=Cc1ccc(C(=O)O)cc1C(=O)O.C=Cc1ccc(C(=O)O)cc1C(=O)O. The van der Waals surface area contributed by atoms with Gasteiger partial charge in [0, 0.05) is 5.56 Å². The minimum atomic E-state index is -1.33. The van der Waals surface area contributed by atoms with Crippen LogP contribution < -0.4 is 4.74 Å². The maximum Gasteiger partial charge on any atom is 0.336 e. The van der Waals surface area contributed by atoms with Crippen molar-refractivity contribution < 1.29 is 98.6 Å². The van der Waals surface area contributed by atoms with E-state index in [0.717, 1.165) is 46.5 Å². The van der Waals surface area contributed by atoms with Crippen molar-refractivity contribution >= 4 is 96.1 Å². The van der Waals surface area contributed by atoms with Crippen molar-refractivity contribution in [2.24, 2.45) is 0 Å². The number of aromatic carboxylic acids is 9. The number of hydrogen-bond acceptors (Lipinski definition) is 11. The molecule has 0 unspecified atom stereocenters. The van der Waals surface area contributed by atoms with Crippen LogP contribution in [0.5, 0.6) is 5.75 Å². The van der Waals surface area contributed by atoms with Gasteiger partial charge in [0.15, 0.2) is 0 Å². The number of benzene rings is 6. The van der Waals surface area contributed by atoms with Crippen molar-refractivity contribution in [1.29, 1.82) is 0 Å². The third-order valence-electron chi connectivity index (χ3n) is 10.2. The van der Waals surface area contributed by atoms with Gasteiger partial charge < -0.3 is 50.7 Å². The average Bonchev–Trinajstić information content (AvgIpc) is 3.43. The summed E-state index contributed by atoms with van der Waals surface area (Å²) in [6, 6.07) is 29.9. The summed E-state index contributed by atoms with van der Waals surface area (Å²) in [6.07, 6.45) is 11.6. The Hall–Kier alpha value is -11.5. The monoisotopic (exact) mass is 1110 g/mol. The number of carboxylic acids is 9. The van der Waals surface area contributed by atoms with E-state index >= 15 is 0 Å². The molecule has 0 heterocycles. The molecule has 0 spiro atoms. The number of allylic oxidation sites excluding steroid dienone is 3. The van der Waals surface area contributed by atoms with Crippen LogP contribution in [-0.2, 0) is 4.79 Å². The quantitative estimate of drug-likeness (QED) is 0.0383. The minimum Gasteiger partial charge on any atom is -0.478 e. The van der Waals surface area contributed by atoms with Gasteiger partial charge in [-0.15, -0.1) is 0 Å².